The molecule has 2 N–H and O–H groups in total. The van der Waals surface area contributed by atoms with Gasteiger partial charge in [0.15, 0.2) is 0 Å². The number of hydrogen-bond donors (Lipinski definition) is 1. The Bertz CT molecular complexity index is 933. The number of carbonyl (C=O) groups is 1. The Labute approximate surface area is 151 Å². The van der Waals surface area contributed by atoms with Crippen LogP contribution >= 0.6 is 0 Å². The maximum Gasteiger partial charge on any atom is 0.309 e. The summed E-state index contributed by atoms with van der Waals surface area (Å²) < 4.78 is 20.6. The van der Waals surface area contributed by atoms with Crippen LogP contribution in [0.25, 0.3) is 11.3 Å². The lowest BCUT2D eigenvalue weighted by molar-refractivity contribution is -0.132. The molecule has 1 aromatic heterocycles. The van der Waals surface area contributed by atoms with Gasteiger partial charge in [0.05, 0.1) is 12.2 Å². The third-order valence-corrected chi connectivity index (χ3v) is 4.05. The highest BCUT2D eigenvalue weighted by atomic mass is 19.1. The highest BCUT2D eigenvalue weighted by Crippen LogP contribution is 2.25. The first-order valence-corrected chi connectivity index (χ1v) is 8.27. The molecule has 3 rings (SSSR count). The normalized spacial score (nSPS) is 10.8. The van der Waals surface area contributed by atoms with E-state index in [9.17, 15) is 9.18 Å². The lowest BCUT2D eigenvalue weighted by Crippen LogP contribution is -2.09. The fourth-order valence-electron chi connectivity index (χ4n) is 2.60. The number of halogens is 1. The largest absolute Gasteiger partial charge is 0.408 e. The molecule has 0 spiro atoms. The minimum Gasteiger partial charge on any atom is -0.408 e. The van der Waals surface area contributed by atoms with E-state index in [0.717, 1.165) is 16.7 Å². The molecule has 6 heteroatoms. The highest BCUT2D eigenvalue weighted by Gasteiger charge is 2.13. The Hall–Kier alpha value is -2.99. The summed E-state index contributed by atoms with van der Waals surface area (Å²) in [6.07, 6.45) is 0. The van der Waals surface area contributed by atoms with E-state index in [1.807, 2.05) is 30.3 Å². The molecule has 2 aromatic carbocycles. The summed E-state index contributed by atoms with van der Waals surface area (Å²) in [6.45, 7) is 3.80. The van der Waals surface area contributed by atoms with Crippen molar-refractivity contribution in [3.8, 4) is 17.1 Å². The van der Waals surface area contributed by atoms with E-state index in [-0.39, 0.29) is 5.82 Å². The predicted molar refractivity (Wildman–Crippen MR) is 97.1 cm³/mol. The summed E-state index contributed by atoms with van der Waals surface area (Å²) in [6, 6.07) is 14.4. The van der Waals surface area contributed by atoms with Gasteiger partial charge in [-0.25, -0.2) is 9.07 Å². The van der Waals surface area contributed by atoms with Crippen molar-refractivity contribution in [2.45, 2.75) is 26.9 Å². The summed E-state index contributed by atoms with van der Waals surface area (Å²) >= 11 is 0. The van der Waals surface area contributed by atoms with Crippen LogP contribution in [0.5, 0.6) is 5.88 Å². The molecular weight excluding hydrogens is 333 g/mol. The van der Waals surface area contributed by atoms with Crippen LogP contribution < -0.4 is 10.5 Å². The van der Waals surface area contributed by atoms with Crippen LogP contribution in [0.1, 0.15) is 23.6 Å². The SMILES string of the molecule is CC(=O)Oc1cc(-c2ccc(CN)cc2)nn1Cc1ccc(C)c(F)c1. The van der Waals surface area contributed by atoms with E-state index < -0.39 is 5.97 Å². The third-order valence-electron chi connectivity index (χ3n) is 4.05. The van der Waals surface area contributed by atoms with Crippen molar-refractivity contribution in [3.63, 3.8) is 0 Å². The van der Waals surface area contributed by atoms with Gasteiger partial charge < -0.3 is 10.5 Å². The first kappa shape index (κ1) is 17.8. The number of nitrogens with zero attached hydrogens (tertiary/aromatic N) is 2. The first-order valence-electron chi connectivity index (χ1n) is 8.27. The Morgan fingerprint density at radius 2 is 1.85 bits per heavy atom. The van der Waals surface area contributed by atoms with Crippen molar-refractivity contribution in [2.24, 2.45) is 5.73 Å². The summed E-state index contributed by atoms with van der Waals surface area (Å²) in [5.41, 5.74) is 9.49. The fourth-order valence-corrected chi connectivity index (χ4v) is 2.60. The van der Waals surface area contributed by atoms with Crippen LogP contribution in [0.3, 0.4) is 0 Å². The monoisotopic (exact) mass is 353 g/mol. The lowest BCUT2D eigenvalue weighted by Gasteiger charge is -2.07. The number of hydrogen-bond acceptors (Lipinski definition) is 4. The van der Waals surface area contributed by atoms with Gasteiger partial charge in [0, 0.05) is 25.1 Å². The van der Waals surface area contributed by atoms with Crippen LogP contribution in [0, 0.1) is 12.7 Å². The Kier molecular flexibility index (Phi) is 5.14. The van der Waals surface area contributed by atoms with Crippen molar-refractivity contribution < 1.29 is 13.9 Å². The Balaban J connectivity index is 1.95. The summed E-state index contributed by atoms with van der Waals surface area (Å²) in [7, 11) is 0. The molecule has 0 aliphatic carbocycles. The first-order chi connectivity index (χ1) is 12.5. The topological polar surface area (TPSA) is 70.1 Å². The molecule has 5 nitrogen and oxygen atoms in total. The van der Waals surface area contributed by atoms with Gasteiger partial charge in [-0.2, -0.15) is 5.10 Å². The quantitative estimate of drug-likeness (QED) is 0.714. The average molecular weight is 353 g/mol. The molecule has 26 heavy (non-hydrogen) atoms. The summed E-state index contributed by atoms with van der Waals surface area (Å²) in [5, 5.41) is 4.52. The second-order valence-corrected chi connectivity index (χ2v) is 6.10. The fraction of sp³-hybridized carbons (Fsp3) is 0.200. The van der Waals surface area contributed by atoms with E-state index in [0.29, 0.717) is 30.2 Å². The van der Waals surface area contributed by atoms with Gasteiger partial charge in [0.1, 0.15) is 5.82 Å². The number of aromatic nitrogens is 2. The molecule has 0 atom stereocenters. The van der Waals surface area contributed by atoms with Crippen molar-refractivity contribution in [3.05, 3.63) is 71.0 Å². The number of nitrogens with two attached hydrogens (primary N) is 1. The second-order valence-electron chi connectivity index (χ2n) is 6.10. The van der Waals surface area contributed by atoms with Gasteiger partial charge in [-0.1, -0.05) is 36.4 Å². The number of carbonyl (C=O) groups excluding carboxylic acids is 1. The zero-order valence-corrected chi connectivity index (χ0v) is 14.7. The maximum absolute atomic E-state index is 13.8. The maximum atomic E-state index is 13.8. The summed E-state index contributed by atoms with van der Waals surface area (Å²) in [5.74, 6) is -0.399. The van der Waals surface area contributed by atoms with E-state index in [1.165, 1.54) is 13.0 Å². The molecule has 3 aromatic rings. The van der Waals surface area contributed by atoms with Gasteiger partial charge in [-0.3, -0.25) is 4.79 Å². The third kappa shape index (κ3) is 3.97. The molecule has 0 aliphatic rings. The molecule has 0 unspecified atom stereocenters. The smallest absolute Gasteiger partial charge is 0.309 e. The van der Waals surface area contributed by atoms with E-state index in [2.05, 4.69) is 5.10 Å². The van der Waals surface area contributed by atoms with Crippen LogP contribution in [-0.4, -0.2) is 15.7 Å². The molecule has 0 aliphatic heterocycles. The molecule has 0 fully saturated rings. The van der Waals surface area contributed by atoms with Crippen LogP contribution in [0.15, 0.2) is 48.5 Å². The Morgan fingerprint density at radius 1 is 1.15 bits per heavy atom. The zero-order chi connectivity index (χ0) is 18.7. The van der Waals surface area contributed by atoms with Crippen LogP contribution in [-0.2, 0) is 17.9 Å². The van der Waals surface area contributed by atoms with Crippen molar-refractivity contribution >= 4 is 5.97 Å². The molecule has 134 valence electrons. The molecule has 1 heterocycles. The number of aryl methyl sites for hydroxylation is 1. The minimum absolute atomic E-state index is 0.277. The second kappa shape index (κ2) is 7.49. The standard InChI is InChI=1S/C20H20FN3O2/c1-13-3-4-16(9-18(13)21)12-24-20(26-14(2)25)10-19(23-24)17-7-5-15(11-22)6-8-17/h3-10H,11-12,22H2,1-2H3. The van der Waals surface area contributed by atoms with Crippen molar-refractivity contribution in [2.75, 3.05) is 0 Å². The van der Waals surface area contributed by atoms with Gasteiger partial charge >= 0.3 is 5.97 Å². The average Bonchev–Trinajstić information content (AvgIpc) is 3.00. The number of rotatable bonds is 5. The Morgan fingerprint density at radius 3 is 2.46 bits per heavy atom. The van der Waals surface area contributed by atoms with Crippen LogP contribution in [0.2, 0.25) is 0 Å². The molecule has 0 saturated heterocycles. The van der Waals surface area contributed by atoms with E-state index in [1.54, 1.807) is 23.7 Å². The lowest BCUT2D eigenvalue weighted by atomic mass is 10.1. The number of ether oxygens (including phenoxy) is 1. The molecule has 0 bridgehead atoms. The van der Waals surface area contributed by atoms with Gasteiger partial charge in [0.25, 0.3) is 0 Å². The van der Waals surface area contributed by atoms with Crippen molar-refractivity contribution in [1.29, 1.82) is 0 Å². The van der Waals surface area contributed by atoms with Gasteiger partial charge in [-0.15, -0.1) is 0 Å². The van der Waals surface area contributed by atoms with Gasteiger partial charge in [-0.05, 0) is 29.7 Å². The molecular formula is C20H20FN3O2. The molecule has 0 saturated carbocycles. The molecule has 0 amide bonds. The predicted octanol–water partition coefficient (Wildman–Crippen LogP) is 3.43. The zero-order valence-electron chi connectivity index (χ0n) is 14.7. The van der Waals surface area contributed by atoms with Crippen LogP contribution in [0.4, 0.5) is 4.39 Å². The van der Waals surface area contributed by atoms with E-state index >= 15 is 0 Å². The minimum atomic E-state index is -0.439. The van der Waals surface area contributed by atoms with Gasteiger partial charge in [0.2, 0.25) is 5.88 Å². The number of esters is 1. The molecule has 0 radical (unpaired) electrons. The highest BCUT2D eigenvalue weighted by molar-refractivity contribution is 5.70. The number of benzene rings is 2. The summed E-state index contributed by atoms with van der Waals surface area (Å²) in [4.78, 5) is 11.4. The van der Waals surface area contributed by atoms with Crippen molar-refractivity contribution in [1.82, 2.24) is 9.78 Å². The van der Waals surface area contributed by atoms with E-state index in [4.69, 9.17) is 10.5 Å².